The molecule has 0 unspecified atom stereocenters. The quantitative estimate of drug-likeness (QED) is 0.854. The molecule has 0 N–H and O–H groups in total. The van der Waals surface area contributed by atoms with Gasteiger partial charge in [-0.3, -0.25) is 0 Å². The zero-order valence-corrected chi connectivity index (χ0v) is 12.7. The molecule has 98 valence electrons. The molecule has 0 aliphatic carbocycles. The number of aryl methyl sites for hydroxylation is 1. The average molecular weight is 312 g/mol. The van der Waals surface area contributed by atoms with E-state index in [1.165, 1.54) is 0 Å². The van der Waals surface area contributed by atoms with Gasteiger partial charge >= 0.3 is 0 Å². The molecule has 1 heterocycles. The minimum atomic E-state index is 0.249. The van der Waals surface area contributed by atoms with Crippen molar-refractivity contribution in [3.8, 4) is 5.75 Å². The highest BCUT2D eigenvalue weighted by atomic mass is 79.9. The molecule has 1 aromatic rings. The Morgan fingerprint density at radius 1 is 1.44 bits per heavy atom. The van der Waals surface area contributed by atoms with Crippen molar-refractivity contribution >= 4 is 21.8 Å². The predicted molar refractivity (Wildman–Crippen MR) is 76.5 cm³/mol. The Morgan fingerprint density at radius 2 is 2.17 bits per heavy atom. The normalized spacial score (nSPS) is 18.8. The minimum absolute atomic E-state index is 0.249. The van der Waals surface area contributed by atoms with Crippen molar-refractivity contribution in [2.45, 2.75) is 26.8 Å². The van der Waals surface area contributed by atoms with Crippen LogP contribution in [0.1, 0.15) is 25.0 Å². The van der Waals surface area contributed by atoms with Gasteiger partial charge in [-0.25, -0.2) is 4.99 Å². The Labute approximate surface area is 116 Å². The van der Waals surface area contributed by atoms with Crippen molar-refractivity contribution in [1.82, 2.24) is 0 Å². The standard InChI is InChI=1S/C14H18BrNO2/c1-8(2)12-7-18-14(16-12)11-6-10(17-4)5-9(3)13(11)15/h5-6,8,12H,7H2,1-4H3/t12-/m1/s1. The number of rotatable bonds is 3. The lowest BCUT2D eigenvalue weighted by molar-refractivity contribution is 0.291. The molecule has 0 radical (unpaired) electrons. The number of methoxy groups -OCH3 is 1. The molecule has 3 nitrogen and oxygen atoms in total. The number of hydrogen-bond acceptors (Lipinski definition) is 3. The van der Waals surface area contributed by atoms with E-state index >= 15 is 0 Å². The minimum Gasteiger partial charge on any atom is -0.497 e. The van der Waals surface area contributed by atoms with Gasteiger partial charge in [-0.1, -0.05) is 13.8 Å². The Kier molecular flexibility index (Phi) is 3.95. The summed E-state index contributed by atoms with van der Waals surface area (Å²) >= 11 is 3.59. The van der Waals surface area contributed by atoms with Crippen molar-refractivity contribution in [2.24, 2.45) is 10.9 Å². The number of hydrogen-bond donors (Lipinski definition) is 0. The summed E-state index contributed by atoms with van der Waals surface area (Å²) in [6.07, 6.45) is 0. The van der Waals surface area contributed by atoms with Crippen LogP contribution in [0.5, 0.6) is 5.75 Å². The van der Waals surface area contributed by atoms with E-state index in [-0.39, 0.29) is 6.04 Å². The molecular formula is C14H18BrNO2. The molecule has 2 rings (SSSR count). The van der Waals surface area contributed by atoms with Crippen LogP contribution in [0.25, 0.3) is 0 Å². The first-order valence-corrected chi connectivity index (χ1v) is 6.87. The lowest BCUT2D eigenvalue weighted by Gasteiger charge is -2.09. The number of ether oxygens (including phenoxy) is 2. The van der Waals surface area contributed by atoms with Crippen molar-refractivity contribution < 1.29 is 9.47 Å². The lowest BCUT2D eigenvalue weighted by atomic mass is 10.1. The van der Waals surface area contributed by atoms with Gasteiger partial charge in [0.25, 0.3) is 0 Å². The predicted octanol–water partition coefficient (Wildman–Crippen LogP) is 3.57. The SMILES string of the molecule is COc1cc(C)c(Br)c(C2=N[C@@H](C(C)C)CO2)c1. The maximum atomic E-state index is 5.71. The van der Waals surface area contributed by atoms with Crippen molar-refractivity contribution in [3.63, 3.8) is 0 Å². The smallest absolute Gasteiger partial charge is 0.217 e. The number of benzene rings is 1. The first-order valence-electron chi connectivity index (χ1n) is 6.08. The van der Waals surface area contributed by atoms with Crippen LogP contribution in [0.4, 0.5) is 0 Å². The summed E-state index contributed by atoms with van der Waals surface area (Å²) in [6.45, 7) is 7.01. The largest absolute Gasteiger partial charge is 0.497 e. The lowest BCUT2D eigenvalue weighted by Crippen LogP contribution is -2.13. The van der Waals surface area contributed by atoms with Gasteiger partial charge in [0.05, 0.1) is 18.7 Å². The summed E-state index contributed by atoms with van der Waals surface area (Å²) in [4.78, 5) is 4.64. The highest BCUT2D eigenvalue weighted by molar-refractivity contribution is 9.10. The Balaban J connectivity index is 2.40. The van der Waals surface area contributed by atoms with E-state index in [1.54, 1.807) is 7.11 Å². The van der Waals surface area contributed by atoms with Crippen LogP contribution in [0.3, 0.4) is 0 Å². The summed E-state index contributed by atoms with van der Waals surface area (Å²) in [7, 11) is 1.67. The van der Waals surface area contributed by atoms with E-state index in [1.807, 2.05) is 19.1 Å². The van der Waals surface area contributed by atoms with Crippen LogP contribution in [0.2, 0.25) is 0 Å². The van der Waals surface area contributed by atoms with E-state index in [0.29, 0.717) is 18.4 Å². The number of nitrogens with zero attached hydrogens (tertiary/aromatic N) is 1. The van der Waals surface area contributed by atoms with Crippen LogP contribution in [0.15, 0.2) is 21.6 Å². The summed E-state index contributed by atoms with van der Waals surface area (Å²) in [6, 6.07) is 4.19. The molecule has 0 fully saturated rings. The first kappa shape index (κ1) is 13.4. The van der Waals surface area contributed by atoms with Gasteiger partial charge in [0.2, 0.25) is 5.90 Å². The fourth-order valence-electron chi connectivity index (χ4n) is 1.89. The van der Waals surface area contributed by atoms with E-state index in [0.717, 1.165) is 21.3 Å². The second kappa shape index (κ2) is 5.31. The van der Waals surface area contributed by atoms with Gasteiger partial charge in [0.15, 0.2) is 0 Å². The van der Waals surface area contributed by atoms with Crippen LogP contribution in [0, 0.1) is 12.8 Å². The molecule has 0 saturated heterocycles. The van der Waals surface area contributed by atoms with E-state index in [9.17, 15) is 0 Å². The third-order valence-corrected chi connectivity index (χ3v) is 4.19. The fourth-order valence-corrected chi connectivity index (χ4v) is 2.29. The van der Waals surface area contributed by atoms with Crippen molar-refractivity contribution in [3.05, 3.63) is 27.7 Å². The molecule has 0 amide bonds. The third kappa shape index (κ3) is 2.53. The van der Waals surface area contributed by atoms with E-state index < -0.39 is 0 Å². The summed E-state index contributed by atoms with van der Waals surface area (Å²) < 4.78 is 12.0. The highest BCUT2D eigenvalue weighted by Gasteiger charge is 2.24. The monoisotopic (exact) mass is 311 g/mol. The van der Waals surface area contributed by atoms with E-state index in [4.69, 9.17) is 9.47 Å². The van der Waals surface area contributed by atoms with Gasteiger partial charge < -0.3 is 9.47 Å². The van der Waals surface area contributed by atoms with Crippen LogP contribution in [-0.4, -0.2) is 25.7 Å². The Bertz CT molecular complexity index is 483. The highest BCUT2D eigenvalue weighted by Crippen LogP contribution is 2.30. The summed E-state index contributed by atoms with van der Waals surface area (Å²) in [5, 5.41) is 0. The zero-order chi connectivity index (χ0) is 13.3. The van der Waals surface area contributed by atoms with Gasteiger partial charge in [0, 0.05) is 4.47 Å². The van der Waals surface area contributed by atoms with Crippen molar-refractivity contribution in [2.75, 3.05) is 13.7 Å². The maximum Gasteiger partial charge on any atom is 0.217 e. The first-order chi connectivity index (χ1) is 8.52. The summed E-state index contributed by atoms with van der Waals surface area (Å²) in [5.74, 6) is 2.03. The molecule has 4 heteroatoms. The van der Waals surface area contributed by atoms with Crippen LogP contribution < -0.4 is 4.74 Å². The molecule has 0 aromatic heterocycles. The molecule has 0 bridgehead atoms. The average Bonchev–Trinajstić information content (AvgIpc) is 2.82. The maximum absolute atomic E-state index is 5.71. The molecule has 1 aromatic carbocycles. The number of aliphatic imine (C=N–C) groups is 1. The fraction of sp³-hybridized carbons (Fsp3) is 0.500. The van der Waals surface area contributed by atoms with Crippen LogP contribution >= 0.6 is 15.9 Å². The van der Waals surface area contributed by atoms with Gasteiger partial charge in [-0.2, -0.15) is 0 Å². The molecule has 18 heavy (non-hydrogen) atoms. The van der Waals surface area contributed by atoms with Gasteiger partial charge in [0.1, 0.15) is 12.4 Å². The topological polar surface area (TPSA) is 30.8 Å². The van der Waals surface area contributed by atoms with E-state index in [2.05, 4.69) is 34.8 Å². The molecular weight excluding hydrogens is 294 g/mol. The third-order valence-electron chi connectivity index (χ3n) is 3.14. The molecule has 1 atom stereocenters. The second-order valence-corrected chi connectivity index (χ2v) is 5.66. The molecule has 0 saturated carbocycles. The van der Waals surface area contributed by atoms with Gasteiger partial charge in [-0.05, 0) is 46.5 Å². The van der Waals surface area contributed by atoms with Crippen molar-refractivity contribution in [1.29, 1.82) is 0 Å². The van der Waals surface area contributed by atoms with Crippen LogP contribution in [-0.2, 0) is 4.74 Å². The number of halogens is 1. The Morgan fingerprint density at radius 3 is 2.72 bits per heavy atom. The molecule has 1 aliphatic heterocycles. The molecule has 0 spiro atoms. The zero-order valence-electron chi connectivity index (χ0n) is 11.2. The Hall–Kier alpha value is -1.03. The second-order valence-electron chi connectivity index (χ2n) is 4.86. The summed E-state index contributed by atoms with van der Waals surface area (Å²) in [5.41, 5.74) is 2.08. The molecule has 1 aliphatic rings. The van der Waals surface area contributed by atoms with Gasteiger partial charge in [-0.15, -0.1) is 0 Å².